The van der Waals surface area contributed by atoms with Crippen LogP contribution >= 0.6 is 23.2 Å². The van der Waals surface area contributed by atoms with Crippen molar-refractivity contribution < 1.29 is 9.59 Å². The number of benzene rings is 2. The summed E-state index contributed by atoms with van der Waals surface area (Å²) >= 11 is 11.8. The van der Waals surface area contributed by atoms with Crippen molar-refractivity contribution in [2.45, 2.75) is 20.3 Å². The van der Waals surface area contributed by atoms with E-state index in [2.05, 4.69) is 10.5 Å². The van der Waals surface area contributed by atoms with Crippen LogP contribution in [0.5, 0.6) is 0 Å². The van der Waals surface area contributed by atoms with Gasteiger partial charge in [0.25, 0.3) is 0 Å². The molecule has 1 heterocycles. The van der Waals surface area contributed by atoms with Gasteiger partial charge >= 0.3 is 0 Å². The number of nitrogens with one attached hydrogen (secondary N) is 1. The fourth-order valence-electron chi connectivity index (χ4n) is 2.88. The molecule has 0 unspecified atom stereocenters. The average molecular weight is 404 g/mol. The Morgan fingerprint density at radius 3 is 2.63 bits per heavy atom. The smallest absolute Gasteiger partial charge is 0.245 e. The highest BCUT2D eigenvalue weighted by Gasteiger charge is 2.35. The monoisotopic (exact) mass is 403 g/mol. The molecule has 1 aliphatic heterocycles. The summed E-state index contributed by atoms with van der Waals surface area (Å²) in [5.41, 5.74) is 6.30. The lowest BCUT2D eigenvalue weighted by Crippen LogP contribution is -2.30. The third-order valence-electron chi connectivity index (χ3n) is 4.63. The van der Waals surface area contributed by atoms with Gasteiger partial charge in [0, 0.05) is 18.7 Å². The van der Waals surface area contributed by atoms with E-state index in [0.29, 0.717) is 22.2 Å². The van der Waals surface area contributed by atoms with Crippen LogP contribution in [0.15, 0.2) is 41.5 Å². The number of nitrogens with zero attached hydrogens (tertiary/aromatic N) is 2. The predicted octanol–water partition coefficient (Wildman–Crippen LogP) is 4.11. The number of amides is 2. The molecule has 0 aromatic heterocycles. The van der Waals surface area contributed by atoms with Gasteiger partial charge < -0.3 is 4.90 Å². The largest absolute Gasteiger partial charge is 0.312 e. The molecule has 5 nitrogen and oxygen atoms in total. The first kappa shape index (κ1) is 19.4. The number of rotatable bonds is 4. The highest BCUT2D eigenvalue weighted by Crippen LogP contribution is 2.27. The first-order valence-electron chi connectivity index (χ1n) is 8.50. The lowest BCUT2D eigenvalue weighted by atomic mass is 10.1. The molecule has 0 radical (unpaired) electrons. The molecular weight excluding hydrogens is 385 g/mol. The molecule has 27 heavy (non-hydrogen) atoms. The van der Waals surface area contributed by atoms with Crippen LogP contribution in [0.4, 0.5) is 5.69 Å². The molecule has 2 amide bonds. The predicted molar refractivity (Wildman–Crippen MR) is 109 cm³/mol. The number of carbonyl (C=O) groups excluding carboxylic acids is 2. The van der Waals surface area contributed by atoms with E-state index in [4.69, 9.17) is 23.2 Å². The van der Waals surface area contributed by atoms with Crippen LogP contribution in [0.25, 0.3) is 0 Å². The summed E-state index contributed by atoms with van der Waals surface area (Å²) in [6.45, 7) is 4.36. The number of anilines is 1. The molecule has 0 spiro atoms. The molecule has 0 bridgehead atoms. The fourth-order valence-corrected chi connectivity index (χ4v) is 3.19. The highest BCUT2D eigenvalue weighted by atomic mass is 35.5. The number of hydrogen-bond donors (Lipinski definition) is 1. The van der Waals surface area contributed by atoms with Crippen molar-refractivity contribution in [3.63, 3.8) is 0 Å². The first-order valence-corrected chi connectivity index (χ1v) is 9.26. The van der Waals surface area contributed by atoms with Crippen LogP contribution < -0.4 is 10.3 Å². The lowest BCUT2D eigenvalue weighted by molar-refractivity contribution is -0.126. The van der Waals surface area contributed by atoms with Crippen molar-refractivity contribution >= 4 is 46.9 Å². The first-order chi connectivity index (χ1) is 12.8. The summed E-state index contributed by atoms with van der Waals surface area (Å²) in [5, 5.41) is 4.82. The topological polar surface area (TPSA) is 61.8 Å². The van der Waals surface area contributed by atoms with Gasteiger partial charge in [0.15, 0.2) is 0 Å². The summed E-state index contributed by atoms with van der Waals surface area (Å²) in [5.74, 6) is -0.789. The molecule has 140 valence electrons. The number of aryl methyl sites for hydroxylation is 2. The Kier molecular flexibility index (Phi) is 5.82. The van der Waals surface area contributed by atoms with Gasteiger partial charge in [-0.15, -0.1) is 0 Å². The van der Waals surface area contributed by atoms with Crippen LogP contribution in [0.1, 0.15) is 23.1 Å². The second-order valence-corrected chi connectivity index (χ2v) is 7.40. The maximum Gasteiger partial charge on any atom is 0.245 e. The Labute approximate surface area is 168 Å². The summed E-state index contributed by atoms with van der Waals surface area (Å²) in [4.78, 5) is 26.3. The molecule has 1 fully saturated rings. The molecule has 1 saturated heterocycles. The van der Waals surface area contributed by atoms with Crippen LogP contribution in [-0.4, -0.2) is 24.6 Å². The van der Waals surface area contributed by atoms with Gasteiger partial charge in [0.05, 0.1) is 22.2 Å². The van der Waals surface area contributed by atoms with Crippen LogP contribution in [0.3, 0.4) is 0 Å². The van der Waals surface area contributed by atoms with E-state index in [1.54, 1.807) is 23.1 Å². The normalized spacial score (nSPS) is 17.0. The van der Waals surface area contributed by atoms with Crippen LogP contribution in [0.2, 0.25) is 10.0 Å². The molecule has 1 N–H and O–H groups in total. The Bertz CT molecular complexity index is 927. The number of carbonyl (C=O) groups is 2. The summed E-state index contributed by atoms with van der Waals surface area (Å²) < 4.78 is 0. The van der Waals surface area contributed by atoms with E-state index in [-0.39, 0.29) is 18.2 Å². The van der Waals surface area contributed by atoms with E-state index < -0.39 is 5.92 Å². The second kappa shape index (κ2) is 8.11. The Morgan fingerprint density at radius 2 is 1.93 bits per heavy atom. The SMILES string of the molecule is Cc1ccc(N2C[C@H](C(=O)N/N=C\c3ccc(Cl)c(Cl)c3)CC2=O)cc1C. The molecule has 1 atom stereocenters. The maximum absolute atomic E-state index is 12.3. The highest BCUT2D eigenvalue weighted by molar-refractivity contribution is 6.42. The minimum atomic E-state index is -0.440. The quantitative estimate of drug-likeness (QED) is 0.616. The second-order valence-electron chi connectivity index (χ2n) is 6.58. The number of hydrogen-bond acceptors (Lipinski definition) is 3. The zero-order valence-electron chi connectivity index (χ0n) is 15.0. The molecule has 7 heteroatoms. The van der Waals surface area contributed by atoms with Gasteiger partial charge in [0.1, 0.15) is 0 Å². The van der Waals surface area contributed by atoms with E-state index in [1.165, 1.54) is 6.21 Å². The van der Waals surface area contributed by atoms with Crippen molar-refractivity contribution in [3.8, 4) is 0 Å². The molecule has 2 aromatic rings. The number of halogens is 2. The average Bonchev–Trinajstić information content (AvgIpc) is 3.02. The van der Waals surface area contributed by atoms with Gasteiger partial charge in [-0.05, 0) is 54.8 Å². The Balaban J connectivity index is 1.62. The summed E-state index contributed by atoms with van der Waals surface area (Å²) in [6, 6.07) is 10.9. The van der Waals surface area contributed by atoms with Gasteiger partial charge in [-0.3, -0.25) is 9.59 Å². The van der Waals surface area contributed by atoms with E-state index in [1.807, 2.05) is 32.0 Å². The molecule has 1 aliphatic rings. The maximum atomic E-state index is 12.3. The van der Waals surface area contributed by atoms with Gasteiger partial charge in [-0.25, -0.2) is 5.43 Å². The summed E-state index contributed by atoms with van der Waals surface area (Å²) in [6.07, 6.45) is 1.65. The van der Waals surface area contributed by atoms with Gasteiger partial charge in [0.2, 0.25) is 11.8 Å². The third-order valence-corrected chi connectivity index (χ3v) is 5.37. The zero-order chi connectivity index (χ0) is 19.6. The summed E-state index contributed by atoms with van der Waals surface area (Å²) in [7, 11) is 0. The minimum absolute atomic E-state index is 0.0631. The lowest BCUT2D eigenvalue weighted by Gasteiger charge is -2.17. The van der Waals surface area contributed by atoms with Crippen molar-refractivity contribution in [2.24, 2.45) is 11.0 Å². The van der Waals surface area contributed by atoms with E-state index >= 15 is 0 Å². The zero-order valence-corrected chi connectivity index (χ0v) is 16.5. The van der Waals surface area contributed by atoms with Crippen molar-refractivity contribution in [3.05, 3.63) is 63.1 Å². The molecule has 3 rings (SSSR count). The Hall–Kier alpha value is -2.37. The van der Waals surface area contributed by atoms with Crippen molar-refractivity contribution in [1.29, 1.82) is 0 Å². The third kappa shape index (κ3) is 4.49. The standard InChI is InChI=1S/C20H19Cl2N3O2/c1-12-3-5-16(7-13(12)2)25-11-15(9-19(25)26)20(27)24-23-10-14-4-6-17(21)18(22)8-14/h3-8,10,15H,9,11H2,1-2H3,(H,24,27)/b23-10-/t15-/m1/s1. The van der Waals surface area contributed by atoms with Gasteiger partial charge in [-0.1, -0.05) is 35.3 Å². The van der Waals surface area contributed by atoms with Gasteiger partial charge in [-0.2, -0.15) is 5.10 Å². The fraction of sp³-hybridized carbons (Fsp3) is 0.250. The molecule has 2 aromatic carbocycles. The van der Waals surface area contributed by atoms with E-state index in [9.17, 15) is 9.59 Å². The van der Waals surface area contributed by atoms with Crippen molar-refractivity contribution in [2.75, 3.05) is 11.4 Å². The number of hydrazone groups is 1. The van der Waals surface area contributed by atoms with E-state index in [0.717, 1.165) is 16.8 Å². The van der Waals surface area contributed by atoms with Crippen molar-refractivity contribution in [1.82, 2.24) is 5.43 Å². The molecular formula is C20H19Cl2N3O2. The minimum Gasteiger partial charge on any atom is -0.312 e. The van der Waals surface area contributed by atoms with Crippen LogP contribution in [-0.2, 0) is 9.59 Å². The van der Waals surface area contributed by atoms with Crippen LogP contribution in [0, 0.1) is 19.8 Å². The molecule has 0 saturated carbocycles. The Morgan fingerprint density at radius 1 is 1.15 bits per heavy atom. The molecule has 0 aliphatic carbocycles.